The molecule has 1 amide bonds. The Morgan fingerprint density at radius 3 is 2.65 bits per heavy atom. The van der Waals surface area contributed by atoms with Gasteiger partial charge in [0.2, 0.25) is 5.91 Å². The van der Waals surface area contributed by atoms with E-state index in [9.17, 15) is 9.59 Å². The van der Waals surface area contributed by atoms with Crippen molar-refractivity contribution in [3.05, 3.63) is 0 Å². The van der Waals surface area contributed by atoms with Crippen molar-refractivity contribution in [2.45, 2.75) is 33.2 Å². The Bertz CT molecular complexity index is 272. The zero-order valence-corrected chi connectivity index (χ0v) is 10.8. The van der Waals surface area contributed by atoms with Crippen molar-refractivity contribution in [1.82, 2.24) is 4.90 Å². The van der Waals surface area contributed by atoms with Gasteiger partial charge >= 0.3 is 5.97 Å². The summed E-state index contributed by atoms with van der Waals surface area (Å²) in [5, 5.41) is 0. The van der Waals surface area contributed by atoms with E-state index >= 15 is 0 Å². The molecular formula is C12H21NO4. The van der Waals surface area contributed by atoms with Crippen LogP contribution < -0.4 is 0 Å². The molecule has 1 aliphatic heterocycles. The van der Waals surface area contributed by atoms with Gasteiger partial charge in [-0.15, -0.1) is 0 Å². The molecule has 1 heterocycles. The van der Waals surface area contributed by atoms with Crippen molar-refractivity contribution in [1.29, 1.82) is 0 Å². The molecule has 0 saturated carbocycles. The fraction of sp³-hybridized carbons (Fsp3) is 0.833. The first kappa shape index (κ1) is 14.0. The SMILES string of the molecule is CCOC(=O)CN(C(=O)C1CCOC1)C(C)C. The summed E-state index contributed by atoms with van der Waals surface area (Å²) in [7, 11) is 0. The maximum Gasteiger partial charge on any atom is 0.325 e. The number of hydrogen-bond acceptors (Lipinski definition) is 4. The summed E-state index contributed by atoms with van der Waals surface area (Å²) < 4.78 is 10.1. The van der Waals surface area contributed by atoms with Crippen LogP contribution in [0.1, 0.15) is 27.2 Å². The number of carbonyl (C=O) groups excluding carboxylic acids is 2. The summed E-state index contributed by atoms with van der Waals surface area (Å²) in [5.41, 5.74) is 0. The van der Waals surface area contributed by atoms with Crippen molar-refractivity contribution in [2.75, 3.05) is 26.4 Å². The number of carbonyl (C=O) groups is 2. The third-order valence-electron chi connectivity index (χ3n) is 2.79. The molecule has 0 radical (unpaired) electrons. The van der Waals surface area contributed by atoms with E-state index in [1.165, 1.54) is 0 Å². The second-order valence-corrected chi connectivity index (χ2v) is 4.43. The average molecular weight is 243 g/mol. The fourth-order valence-electron chi connectivity index (χ4n) is 1.82. The molecule has 1 saturated heterocycles. The van der Waals surface area contributed by atoms with Crippen LogP contribution in [0.4, 0.5) is 0 Å². The highest BCUT2D eigenvalue weighted by Gasteiger charge is 2.30. The third kappa shape index (κ3) is 4.00. The molecule has 0 aromatic rings. The number of ether oxygens (including phenoxy) is 2. The number of esters is 1. The lowest BCUT2D eigenvalue weighted by Gasteiger charge is -2.27. The molecule has 1 atom stereocenters. The summed E-state index contributed by atoms with van der Waals surface area (Å²) in [6.07, 6.45) is 0.741. The van der Waals surface area contributed by atoms with Gasteiger partial charge in [-0.25, -0.2) is 0 Å². The van der Waals surface area contributed by atoms with Gasteiger partial charge in [0.1, 0.15) is 6.54 Å². The minimum atomic E-state index is -0.353. The van der Waals surface area contributed by atoms with Gasteiger partial charge in [0.05, 0.1) is 19.1 Å². The summed E-state index contributed by atoms with van der Waals surface area (Å²) in [4.78, 5) is 25.2. The van der Waals surface area contributed by atoms with Gasteiger partial charge in [0.25, 0.3) is 0 Å². The summed E-state index contributed by atoms with van der Waals surface area (Å²) in [5.74, 6) is -0.467. The van der Waals surface area contributed by atoms with Crippen LogP contribution in [0.2, 0.25) is 0 Å². The monoisotopic (exact) mass is 243 g/mol. The Morgan fingerprint density at radius 2 is 2.18 bits per heavy atom. The molecule has 1 unspecified atom stereocenters. The Hall–Kier alpha value is -1.10. The first-order valence-electron chi connectivity index (χ1n) is 6.10. The molecule has 1 fully saturated rings. The van der Waals surface area contributed by atoms with E-state index in [-0.39, 0.29) is 30.4 Å². The highest BCUT2D eigenvalue weighted by Crippen LogP contribution is 2.17. The average Bonchev–Trinajstić information content (AvgIpc) is 2.78. The van der Waals surface area contributed by atoms with Gasteiger partial charge in [0.15, 0.2) is 0 Å². The van der Waals surface area contributed by atoms with Gasteiger partial charge in [-0.05, 0) is 27.2 Å². The normalized spacial score (nSPS) is 19.4. The maximum atomic E-state index is 12.2. The molecule has 0 N–H and O–H groups in total. The van der Waals surface area contributed by atoms with Crippen LogP contribution in [-0.4, -0.2) is 49.2 Å². The minimum absolute atomic E-state index is 0.00694. The Labute approximate surface area is 102 Å². The van der Waals surface area contributed by atoms with Crippen LogP contribution in [0.15, 0.2) is 0 Å². The van der Waals surface area contributed by atoms with E-state index < -0.39 is 0 Å². The number of rotatable bonds is 5. The zero-order chi connectivity index (χ0) is 12.8. The maximum absolute atomic E-state index is 12.2. The summed E-state index contributed by atoms with van der Waals surface area (Å²) in [6.45, 7) is 7.00. The van der Waals surface area contributed by atoms with Gasteiger partial charge < -0.3 is 14.4 Å². The number of nitrogens with zero attached hydrogens (tertiary/aromatic N) is 1. The highest BCUT2D eigenvalue weighted by molar-refractivity contribution is 5.84. The van der Waals surface area contributed by atoms with Crippen LogP contribution in [0.25, 0.3) is 0 Å². The zero-order valence-electron chi connectivity index (χ0n) is 10.8. The first-order chi connectivity index (χ1) is 8.06. The molecule has 0 spiro atoms. The predicted molar refractivity (Wildman–Crippen MR) is 62.4 cm³/mol. The lowest BCUT2D eigenvalue weighted by molar-refractivity contribution is -0.151. The minimum Gasteiger partial charge on any atom is -0.465 e. The largest absolute Gasteiger partial charge is 0.465 e. The van der Waals surface area contributed by atoms with E-state index in [0.29, 0.717) is 19.8 Å². The molecule has 0 aromatic carbocycles. The topological polar surface area (TPSA) is 55.8 Å². The Balaban J connectivity index is 2.58. The molecular weight excluding hydrogens is 222 g/mol. The van der Waals surface area contributed by atoms with Crippen molar-refractivity contribution < 1.29 is 19.1 Å². The molecule has 5 nitrogen and oxygen atoms in total. The van der Waals surface area contributed by atoms with E-state index in [1.54, 1.807) is 11.8 Å². The Morgan fingerprint density at radius 1 is 1.47 bits per heavy atom. The van der Waals surface area contributed by atoms with Crippen LogP contribution in [0.5, 0.6) is 0 Å². The third-order valence-corrected chi connectivity index (χ3v) is 2.79. The van der Waals surface area contributed by atoms with Crippen LogP contribution in [0, 0.1) is 5.92 Å². The van der Waals surface area contributed by atoms with Crippen molar-refractivity contribution in [3.63, 3.8) is 0 Å². The lowest BCUT2D eigenvalue weighted by Crippen LogP contribution is -2.44. The summed E-state index contributed by atoms with van der Waals surface area (Å²) >= 11 is 0. The van der Waals surface area contributed by atoms with Crippen LogP contribution in [-0.2, 0) is 19.1 Å². The standard InChI is InChI=1S/C12H21NO4/c1-4-17-11(14)7-13(9(2)3)12(15)10-5-6-16-8-10/h9-10H,4-8H2,1-3H3. The molecule has 1 aliphatic rings. The quantitative estimate of drug-likeness (QED) is 0.671. The first-order valence-corrected chi connectivity index (χ1v) is 6.10. The molecule has 98 valence electrons. The lowest BCUT2D eigenvalue weighted by atomic mass is 10.1. The Kier molecular flexibility index (Phi) is 5.41. The highest BCUT2D eigenvalue weighted by atomic mass is 16.5. The van der Waals surface area contributed by atoms with Gasteiger partial charge in [-0.1, -0.05) is 0 Å². The molecule has 1 rings (SSSR count). The van der Waals surface area contributed by atoms with Crippen molar-refractivity contribution in [2.24, 2.45) is 5.92 Å². The van der Waals surface area contributed by atoms with E-state index in [2.05, 4.69) is 0 Å². The molecule has 0 aromatic heterocycles. The van der Waals surface area contributed by atoms with Crippen molar-refractivity contribution in [3.8, 4) is 0 Å². The second-order valence-electron chi connectivity index (χ2n) is 4.43. The summed E-state index contributed by atoms with van der Waals surface area (Å²) in [6, 6.07) is -0.00694. The smallest absolute Gasteiger partial charge is 0.325 e. The van der Waals surface area contributed by atoms with E-state index in [0.717, 1.165) is 6.42 Å². The molecule has 17 heavy (non-hydrogen) atoms. The van der Waals surface area contributed by atoms with Crippen LogP contribution in [0.3, 0.4) is 0 Å². The van der Waals surface area contributed by atoms with E-state index in [4.69, 9.17) is 9.47 Å². The molecule has 0 aliphatic carbocycles. The fourth-order valence-corrected chi connectivity index (χ4v) is 1.82. The predicted octanol–water partition coefficient (Wildman–Crippen LogP) is 0.823. The van der Waals surface area contributed by atoms with E-state index in [1.807, 2.05) is 13.8 Å². The van der Waals surface area contributed by atoms with Crippen LogP contribution >= 0.6 is 0 Å². The van der Waals surface area contributed by atoms with Gasteiger partial charge in [-0.3, -0.25) is 9.59 Å². The molecule has 0 bridgehead atoms. The van der Waals surface area contributed by atoms with Gasteiger partial charge in [0, 0.05) is 12.6 Å². The number of amides is 1. The van der Waals surface area contributed by atoms with Crippen molar-refractivity contribution >= 4 is 11.9 Å². The molecule has 5 heteroatoms. The second kappa shape index (κ2) is 6.59. The van der Waals surface area contributed by atoms with Gasteiger partial charge in [-0.2, -0.15) is 0 Å². The number of hydrogen-bond donors (Lipinski definition) is 0.